The van der Waals surface area contributed by atoms with E-state index in [2.05, 4.69) is 19.9 Å². The van der Waals surface area contributed by atoms with Crippen LogP contribution in [0.15, 0.2) is 73.3 Å². The molecule has 0 saturated carbocycles. The lowest BCUT2D eigenvalue weighted by molar-refractivity contribution is -0.00745. The highest BCUT2D eigenvalue weighted by Gasteiger charge is 2.05. The van der Waals surface area contributed by atoms with Crippen LogP contribution in [0.1, 0.15) is 0 Å². The van der Waals surface area contributed by atoms with Gasteiger partial charge in [-0.05, 0) is 35.4 Å². The Bertz CT molecular complexity index is 1350. The average Bonchev–Trinajstić information content (AvgIpc) is 3.16. The molecular formula is C36H44N4O10. The van der Waals surface area contributed by atoms with Gasteiger partial charge in [-0.3, -0.25) is 0 Å². The molecule has 0 unspecified atom stereocenters. The van der Waals surface area contributed by atoms with Crippen molar-refractivity contribution < 1.29 is 47.4 Å². The summed E-state index contributed by atoms with van der Waals surface area (Å²) in [7, 11) is 0. The maximum Gasteiger partial charge on any atom is 0.316 e. The molecule has 0 N–H and O–H groups in total. The first-order valence-corrected chi connectivity index (χ1v) is 16.7. The molecule has 11 rings (SSSR count). The van der Waals surface area contributed by atoms with Crippen molar-refractivity contribution in [3.8, 4) is 45.8 Å². The monoisotopic (exact) mass is 692 g/mol. The largest absolute Gasteiger partial charge is 0.491 e. The molecule has 4 aromatic rings. The second kappa shape index (κ2) is 22.3. The van der Waals surface area contributed by atoms with Gasteiger partial charge in [0.15, 0.2) is 0 Å². The van der Waals surface area contributed by atoms with Crippen LogP contribution in [0.3, 0.4) is 0 Å². The molecule has 7 aliphatic heterocycles. The molecule has 0 aliphatic carbocycles. The van der Waals surface area contributed by atoms with Gasteiger partial charge in [-0.25, -0.2) is 19.9 Å². The van der Waals surface area contributed by atoms with Crippen molar-refractivity contribution in [3.05, 3.63) is 73.3 Å². The lowest BCUT2D eigenvalue weighted by Gasteiger charge is -2.10. The topological polar surface area (TPSA) is 144 Å². The maximum atomic E-state index is 5.79. The van der Waals surface area contributed by atoms with Gasteiger partial charge in [0.05, 0.1) is 79.3 Å². The zero-order valence-corrected chi connectivity index (χ0v) is 28.1. The summed E-state index contributed by atoms with van der Waals surface area (Å²) in [5.74, 6) is 1.50. The molecule has 0 spiro atoms. The minimum atomic E-state index is 0.292. The SMILES string of the molecule is c1cc2ccc1OCCOCCOCCOc1ccc(cc1)-c1cnc(nc1)OCCOCCOCCOCCOCCOc1ncc-2cn1. The van der Waals surface area contributed by atoms with Gasteiger partial charge in [0.2, 0.25) is 0 Å². The molecule has 50 heavy (non-hydrogen) atoms. The van der Waals surface area contributed by atoms with Crippen LogP contribution in [-0.2, 0) is 28.4 Å². The van der Waals surface area contributed by atoms with Gasteiger partial charge < -0.3 is 47.4 Å². The molecule has 0 radical (unpaired) electrons. The van der Waals surface area contributed by atoms with Gasteiger partial charge in [-0.1, -0.05) is 24.3 Å². The van der Waals surface area contributed by atoms with E-state index in [9.17, 15) is 0 Å². The first-order chi connectivity index (χ1) is 24.8. The number of fused-ring (bicyclic) bond motifs is 1. The Balaban J connectivity index is 1.03. The number of nitrogens with zero attached hydrogens (tertiary/aromatic N) is 4. The fourth-order valence-corrected chi connectivity index (χ4v) is 4.47. The molecule has 0 atom stereocenters. The van der Waals surface area contributed by atoms with Gasteiger partial charge in [0.1, 0.15) is 37.9 Å². The van der Waals surface area contributed by atoms with Gasteiger partial charge >= 0.3 is 12.0 Å². The molecule has 0 saturated heterocycles. The van der Waals surface area contributed by atoms with Gasteiger partial charge in [0.25, 0.3) is 0 Å². The summed E-state index contributed by atoms with van der Waals surface area (Å²) in [5, 5.41) is 0. The summed E-state index contributed by atoms with van der Waals surface area (Å²) in [5.41, 5.74) is 3.68. The van der Waals surface area contributed by atoms with Crippen LogP contribution in [-0.4, -0.2) is 126 Å². The van der Waals surface area contributed by atoms with Crippen LogP contribution in [0.5, 0.6) is 23.5 Å². The Morgan fingerprint density at radius 3 is 0.840 bits per heavy atom. The molecule has 2 aromatic heterocycles. The fourth-order valence-electron chi connectivity index (χ4n) is 4.47. The Morgan fingerprint density at radius 2 is 0.540 bits per heavy atom. The second-order valence-corrected chi connectivity index (χ2v) is 10.6. The van der Waals surface area contributed by atoms with Crippen LogP contribution in [0.25, 0.3) is 22.3 Å². The summed E-state index contributed by atoms with van der Waals surface area (Å²) < 4.78 is 56.1. The smallest absolute Gasteiger partial charge is 0.316 e. The molecule has 7 aliphatic rings. The third-order valence-corrected chi connectivity index (χ3v) is 7.03. The maximum absolute atomic E-state index is 5.79. The predicted molar refractivity (Wildman–Crippen MR) is 182 cm³/mol. The van der Waals surface area contributed by atoms with E-state index >= 15 is 0 Å². The highest BCUT2D eigenvalue weighted by atomic mass is 16.6. The molecule has 8 bridgehead atoms. The van der Waals surface area contributed by atoms with Crippen LogP contribution < -0.4 is 18.9 Å². The van der Waals surface area contributed by atoms with E-state index in [1.165, 1.54) is 0 Å². The Morgan fingerprint density at radius 1 is 0.280 bits per heavy atom. The van der Waals surface area contributed by atoms with Crippen LogP contribution >= 0.6 is 0 Å². The lowest BCUT2D eigenvalue weighted by atomic mass is 10.1. The fraction of sp³-hybridized carbons (Fsp3) is 0.444. The minimum Gasteiger partial charge on any atom is -0.491 e. The van der Waals surface area contributed by atoms with Gasteiger partial charge in [-0.15, -0.1) is 0 Å². The van der Waals surface area contributed by atoms with E-state index in [0.717, 1.165) is 33.8 Å². The number of hydrogen-bond donors (Lipinski definition) is 0. The average molecular weight is 693 g/mol. The zero-order chi connectivity index (χ0) is 34.3. The summed E-state index contributed by atoms with van der Waals surface area (Å²) in [6.07, 6.45) is 6.90. The Labute approximate surface area is 291 Å². The number of aromatic nitrogens is 4. The van der Waals surface area contributed by atoms with Crippen molar-refractivity contribution in [2.75, 3.05) is 106 Å². The van der Waals surface area contributed by atoms with E-state index in [0.29, 0.717) is 118 Å². The van der Waals surface area contributed by atoms with E-state index in [4.69, 9.17) is 47.4 Å². The number of benzene rings is 2. The number of ether oxygens (including phenoxy) is 10. The van der Waals surface area contributed by atoms with Crippen LogP contribution in [0, 0.1) is 0 Å². The zero-order valence-electron chi connectivity index (χ0n) is 28.1. The molecule has 14 nitrogen and oxygen atoms in total. The third-order valence-electron chi connectivity index (χ3n) is 7.03. The summed E-state index contributed by atoms with van der Waals surface area (Å²) in [6, 6.07) is 16.0. The molecule has 0 fully saturated rings. The molecular weight excluding hydrogens is 648 g/mol. The molecule has 2 aromatic carbocycles. The molecule has 0 amide bonds. The molecule has 268 valence electrons. The van der Waals surface area contributed by atoms with Crippen molar-refractivity contribution in [2.45, 2.75) is 0 Å². The van der Waals surface area contributed by atoms with Crippen molar-refractivity contribution in [1.82, 2.24) is 19.9 Å². The van der Waals surface area contributed by atoms with E-state index in [1.54, 1.807) is 24.8 Å². The Hall–Kier alpha value is -4.44. The predicted octanol–water partition coefficient (Wildman–Crippen LogP) is 3.93. The standard InChI is InChI=1S/C36H44N4O10/c1-5-33-6-2-29(1)31-25-37-35(38-26-31)49-23-19-45-13-11-41-9-10-42-12-14-46-20-24-50-36-39-27-32(28-40-36)30-3-7-34(8-4-30)48-22-18-44-16-15-43-17-21-47-33/h1-8,25-28H,9-24H2. The van der Waals surface area contributed by atoms with Crippen molar-refractivity contribution >= 4 is 0 Å². The van der Waals surface area contributed by atoms with Crippen molar-refractivity contribution in [3.63, 3.8) is 0 Å². The first kappa shape index (κ1) is 36.8. The number of rotatable bonds is 0. The van der Waals surface area contributed by atoms with Crippen LogP contribution in [0.4, 0.5) is 0 Å². The highest BCUT2D eigenvalue weighted by molar-refractivity contribution is 5.63. The summed E-state index contributed by atoms with van der Waals surface area (Å²) in [4.78, 5) is 17.2. The molecule has 14 heteroatoms. The quantitative estimate of drug-likeness (QED) is 0.263. The lowest BCUT2D eigenvalue weighted by Crippen LogP contribution is -2.15. The van der Waals surface area contributed by atoms with Crippen molar-refractivity contribution in [1.29, 1.82) is 0 Å². The minimum absolute atomic E-state index is 0.292. The number of hydrogen-bond acceptors (Lipinski definition) is 14. The normalized spacial score (nSPS) is 17.3. The second-order valence-electron chi connectivity index (χ2n) is 10.6. The first-order valence-electron chi connectivity index (χ1n) is 16.7. The summed E-state index contributed by atoms with van der Waals surface area (Å²) >= 11 is 0. The van der Waals surface area contributed by atoms with Crippen molar-refractivity contribution in [2.24, 2.45) is 0 Å². The molecule has 9 heterocycles. The van der Waals surface area contributed by atoms with E-state index in [1.807, 2.05) is 48.5 Å². The van der Waals surface area contributed by atoms with Gasteiger partial charge in [0, 0.05) is 35.9 Å². The van der Waals surface area contributed by atoms with E-state index < -0.39 is 0 Å². The third kappa shape index (κ3) is 13.8. The van der Waals surface area contributed by atoms with E-state index in [-0.39, 0.29) is 0 Å². The summed E-state index contributed by atoms with van der Waals surface area (Å²) in [6.45, 7) is 6.90. The van der Waals surface area contributed by atoms with Crippen LogP contribution in [0.2, 0.25) is 0 Å². The highest BCUT2D eigenvalue weighted by Crippen LogP contribution is 2.23. The Kier molecular flexibility index (Phi) is 16.4. The van der Waals surface area contributed by atoms with Gasteiger partial charge in [-0.2, -0.15) is 0 Å².